The number of hydrogen-bond acceptors (Lipinski definition) is 0. The molecule has 0 spiro atoms. The quantitative estimate of drug-likeness (QED) is 0.384. The topological polar surface area (TPSA) is 0 Å². The summed E-state index contributed by atoms with van der Waals surface area (Å²) in [6, 6.07) is 13.8. The fourth-order valence-electron chi connectivity index (χ4n) is 3.64. The summed E-state index contributed by atoms with van der Waals surface area (Å²) >= 11 is 2.49. The van der Waals surface area contributed by atoms with E-state index in [-0.39, 0.29) is 0 Å². The van der Waals surface area contributed by atoms with E-state index in [4.69, 9.17) is 0 Å². The lowest BCUT2D eigenvalue weighted by atomic mass is 9.84. The van der Waals surface area contributed by atoms with E-state index < -0.39 is 0 Å². The summed E-state index contributed by atoms with van der Waals surface area (Å²) < 4.78 is 1.35. The first-order valence-electron chi connectivity index (χ1n) is 9.67. The van der Waals surface area contributed by atoms with Crippen molar-refractivity contribution in [3.8, 4) is 11.1 Å². The maximum atomic E-state index is 2.49. The van der Waals surface area contributed by atoms with Crippen LogP contribution in [0.15, 0.2) is 36.4 Å². The third-order valence-corrected chi connectivity index (χ3v) is 5.35. The fourth-order valence-corrected chi connectivity index (χ4v) is 4.30. The molecule has 0 saturated heterocycles. The number of halogens is 1. The molecule has 0 atom stereocenters. The van der Waals surface area contributed by atoms with E-state index in [9.17, 15) is 0 Å². The molecule has 0 N–H and O–H groups in total. The van der Waals surface area contributed by atoms with Crippen molar-refractivity contribution in [3.63, 3.8) is 0 Å². The van der Waals surface area contributed by atoms with Gasteiger partial charge >= 0.3 is 0 Å². The molecule has 2 aromatic rings. The predicted octanol–water partition coefficient (Wildman–Crippen LogP) is 7.55. The van der Waals surface area contributed by atoms with E-state index in [1.807, 2.05) is 0 Å². The minimum absolute atomic E-state index is 0.668. The highest BCUT2D eigenvalue weighted by Crippen LogP contribution is 2.35. The second kappa shape index (κ2) is 9.21. The van der Waals surface area contributed by atoms with Crippen molar-refractivity contribution in [2.75, 3.05) is 0 Å². The van der Waals surface area contributed by atoms with Crippen LogP contribution in [0.5, 0.6) is 0 Å². The summed E-state index contributed by atoms with van der Waals surface area (Å²) in [5.74, 6) is 2.03. The van der Waals surface area contributed by atoms with Crippen LogP contribution >= 0.6 is 22.6 Å². The number of rotatable bonds is 7. The monoisotopic (exact) mass is 448 g/mol. The van der Waals surface area contributed by atoms with Crippen molar-refractivity contribution in [3.05, 3.63) is 56.7 Å². The number of benzene rings is 2. The van der Waals surface area contributed by atoms with Gasteiger partial charge in [-0.05, 0) is 93.5 Å². The zero-order valence-electron chi connectivity index (χ0n) is 16.7. The van der Waals surface area contributed by atoms with Gasteiger partial charge in [0.1, 0.15) is 0 Å². The largest absolute Gasteiger partial charge is 0.0625 e. The Morgan fingerprint density at radius 2 is 1.20 bits per heavy atom. The van der Waals surface area contributed by atoms with Crippen molar-refractivity contribution in [2.24, 2.45) is 17.8 Å². The lowest BCUT2D eigenvalue weighted by molar-refractivity contribution is 0.626. The van der Waals surface area contributed by atoms with Gasteiger partial charge in [-0.2, -0.15) is 0 Å². The van der Waals surface area contributed by atoms with E-state index in [2.05, 4.69) is 101 Å². The summed E-state index contributed by atoms with van der Waals surface area (Å²) in [5.41, 5.74) is 7.49. The van der Waals surface area contributed by atoms with Crippen LogP contribution in [0, 0.1) is 21.3 Å². The normalized spacial score (nSPS) is 11.8. The van der Waals surface area contributed by atoms with Crippen molar-refractivity contribution >= 4 is 22.6 Å². The molecule has 0 fully saturated rings. The van der Waals surface area contributed by atoms with Gasteiger partial charge in [-0.3, -0.25) is 0 Å². The Morgan fingerprint density at radius 3 is 1.64 bits per heavy atom. The van der Waals surface area contributed by atoms with Gasteiger partial charge in [0, 0.05) is 3.57 Å². The van der Waals surface area contributed by atoms with Gasteiger partial charge in [-0.25, -0.2) is 0 Å². The van der Waals surface area contributed by atoms with Gasteiger partial charge in [0.15, 0.2) is 0 Å². The Balaban J connectivity index is 2.69. The Hall–Kier alpha value is -0.830. The zero-order chi connectivity index (χ0) is 18.6. The van der Waals surface area contributed by atoms with Gasteiger partial charge in [0.25, 0.3) is 0 Å². The summed E-state index contributed by atoms with van der Waals surface area (Å²) in [4.78, 5) is 0. The van der Waals surface area contributed by atoms with Crippen LogP contribution < -0.4 is 0 Å². The molecule has 0 nitrogen and oxygen atoms in total. The van der Waals surface area contributed by atoms with Gasteiger partial charge in [0.2, 0.25) is 0 Å². The Labute approximate surface area is 168 Å². The van der Waals surface area contributed by atoms with E-state index in [1.54, 1.807) is 0 Å². The molecule has 0 bridgehead atoms. The zero-order valence-corrected chi connectivity index (χ0v) is 18.9. The van der Waals surface area contributed by atoms with Crippen molar-refractivity contribution < 1.29 is 0 Å². The van der Waals surface area contributed by atoms with Gasteiger partial charge in [-0.1, -0.05) is 71.9 Å². The summed E-state index contributed by atoms with van der Waals surface area (Å²) in [5, 5.41) is 0. The van der Waals surface area contributed by atoms with Crippen molar-refractivity contribution in [2.45, 2.75) is 60.8 Å². The molecule has 2 rings (SSSR count). The molecule has 0 heterocycles. The smallest absolute Gasteiger partial charge is 0.0208 e. The highest BCUT2D eigenvalue weighted by molar-refractivity contribution is 14.1. The molecular weight excluding hydrogens is 415 g/mol. The molecule has 0 amide bonds. The SMILES string of the molecule is CC(C)Cc1cc(CC(C)C)c(-c2ccccc2I)c(CC(C)C)c1. The molecule has 0 aliphatic rings. The Bertz CT molecular complexity index is 664. The van der Waals surface area contributed by atoms with Crippen LogP contribution in [0.3, 0.4) is 0 Å². The van der Waals surface area contributed by atoms with Crippen LogP contribution in [0.4, 0.5) is 0 Å². The lowest BCUT2D eigenvalue weighted by Gasteiger charge is -2.21. The third kappa shape index (κ3) is 5.84. The molecule has 0 saturated carbocycles. The highest BCUT2D eigenvalue weighted by atomic mass is 127. The van der Waals surface area contributed by atoms with E-state index >= 15 is 0 Å². The third-order valence-electron chi connectivity index (χ3n) is 4.40. The molecule has 25 heavy (non-hydrogen) atoms. The van der Waals surface area contributed by atoms with E-state index in [0.717, 1.165) is 12.8 Å². The van der Waals surface area contributed by atoms with Crippen LogP contribution in [0.25, 0.3) is 11.1 Å². The molecule has 0 unspecified atom stereocenters. The lowest BCUT2D eigenvalue weighted by Crippen LogP contribution is -2.07. The standard InChI is InChI=1S/C24H33I/c1-16(2)11-19-14-20(12-17(3)4)24(21(15-19)13-18(5)6)22-9-7-8-10-23(22)25/h7-10,14-18H,11-13H2,1-6H3. The first-order valence-corrected chi connectivity index (χ1v) is 10.7. The molecule has 2 aromatic carbocycles. The van der Waals surface area contributed by atoms with Crippen LogP contribution in [0.2, 0.25) is 0 Å². The molecule has 1 heteroatoms. The Morgan fingerprint density at radius 1 is 0.720 bits per heavy atom. The maximum Gasteiger partial charge on any atom is 0.0208 e. The summed E-state index contributed by atoms with van der Waals surface area (Å²) in [7, 11) is 0. The summed E-state index contributed by atoms with van der Waals surface area (Å²) in [6.07, 6.45) is 3.47. The fraction of sp³-hybridized carbons (Fsp3) is 0.500. The van der Waals surface area contributed by atoms with Crippen LogP contribution in [-0.4, -0.2) is 0 Å². The summed E-state index contributed by atoms with van der Waals surface area (Å²) in [6.45, 7) is 14.0. The minimum Gasteiger partial charge on any atom is -0.0625 e. The van der Waals surface area contributed by atoms with Gasteiger partial charge in [0.05, 0.1) is 0 Å². The maximum absolute atomic E-state index is 2.49. The van der Waals surface area contributed by atoms with Gasteiger partial charge in [-0.15, -0.1) is 0 Å². The van der Waals surface area contributed by atoms with Crippen LogP contribution in [0.1, 0.15) is 58.2 Å². The minimum atomic E-state index is 0.668. The molecule has 0 aromatic heterocycles. The molecule has 136 valence electrons. The average Bonchev–Trinajstić information content (AvgIpc) is 2.46. The molecule has 0 aliphatic heterocycles. The highest BCUT2D eigenvalue weighted by Gasteiger charge is 2.17. The second-order valence-corrected chi connectivity index (χ2v) is 9.73. The molecule has 0 radical (unpaired) electrons. The van der Waals surface area contributed by atoms with Crippen LogP contribution in [-0.2, 0) is 19.3 Å². The first kappa shape index (κ1) is 20.5. The van der Waals surface area contributed by atoms with E-state index in [0.29, 0.717) is 17.8 Å². The predicted molar refractivity (Wildman–Crippen MR) is 120 cm³/mol. The van der Waals surface area contributed by atoms with Crippen molar-refractivity contribution in [1.82, 2.24) is 0 Å². The Kier molecular flexibility index (Phi) is 7.54. The van der Waals surface area contributed by atoms with Gasteiger partial charge < -0.3 is 0 Å². The average molecular weight is 448 g/mol. The molecule has 0 aliphatic carbocycles. The van der Waals surface area contributed by atoms with Crippen molar-refractivity contribution in [1.29, 1.82) is 0 Å². The molecular formula is C24H33I. The number of hydrogen-bond donors (Lipinski definition) is 0. The second-order valence-electron chi connectivity index (χ2n) is 8.56. The van der Waals surface area contributed by atoms with E-state index in [1.165, 1.54) is 37.8 Å². The first-order chi connectivity index (χ1) is 11.8.